The minimum atomic E-state index is -4.60. The summed E-state index contributed by atoms with van der Waals surface area (Å²) in [6.45, 7) is 1.88. The van der Waals surface area contributed by atoms with E-state index in [0.29, 0.717) is 37.4 Å². The second-order valence-electron chi connectivity index (χ2n) is 7.56. The van der Waals surface area contributed by atoms with Crippen LogP contribution in [0.1, 0.15) is 59.9 Å². The van der Waals surface area contributed by atoms with Gasteiger partial charge in [0, 0.05) is 5.56 Å². The number of rotatable bonds is 2. The number of nitrogens with one attached hydrogen (secondary N) is 1. The summed E-state index contributed by atoms with van der Waals surface area (Å²) in [5.74, 6) is -0.251. The molecule has 0 radical (unpaired) electrons. The van der Waals surface area contributed by atoms with E-state index >= 15 is 0 Å². The van der Waals surface area contributed by atoms with Crippen LogP contribution in [0.3, 0.4) is 0 Å². The van der Waals surface area contributed by atoms with Crippen LogP contribution in [0.2, 0.25) is 0 Å². The summed E-state index contributed by atoms with van der Waals surface area (Å²) in [4.78, 5) is 22.3. The molecule has 0 aliphatic heterocycles. The standard InChI is InChI=1S/C21H19F4N3O/c1-11-3-2-4-15(22)18(11)13-7-5-12(6-8-13)14-9-16-19(28-20(14)29)26-10-17(27-16)21(23,24)25/h2-4,9-10,12-13H,5-8H2,1H3,(H,26,28,29). The van der Waals surface area contributed by atoms with Gasteiger partial charge in [0.2, 0.25) is 0 Å². The van der Waals surface area contributed by atoms with Crippen LogP contribution in [0.25, 0.3) is 11.2 Å². The molecule has 0 unspecified atom stereocenters. The third kappa shape index (κ3) is 3.75. The Balaban J connectivity index is 1.61. The van der Waals surface area contributed by atoms with Crippen LogP contribution in [-0.4, -0.2) is 15.0 Å². The first-order valence-corrected chi connectivity index (χ1v) is 9.46. The van der Waals surface area contributed by atoms with Crippen molar-refractivity contribution in [3.63, 3.8) is 0 Å². The normalized spacial score (nSPS) is 20.2. The second kappa shape index (κ2) is 7.24. The molecule has 0 spiro atoms. The number of aromatic amines is 1. The topological polar surface area (TPSA) is 58.6 Å². The first-order valence-electron chi connectivity index (χ1n) is 9.46. The van der Waals surface area contributed by atoms with E-state index in [1.54, 1.807) is 6.07 Å². The SMILES string of the molecule is Cc1cccc(F)c1C1CCC(c2cc3nc(C(F)(F)F)cnc3[nH]c2=O)CC1. The molecule has 0 atom stereocenters. The number of alkyl halides is 3. The molecule has 1 N–H and O–H groups in total. The van der Waals surface area contributed by atoms with Crippen molar-refractivity contribution in [1.82, 2.24) is 15.0 Å². The van der Waals surface area contributed by atoms with Gasteiger partial charge in [0.25, 0.3) is 5.56 Å². The molecule has 4 nitrogen and oxygen atoms in total. The summed E-state index contributed by atoms with van der Waals surface area (Å²) in [5.41, 5.74) is 0.628. The van der Waals surface area contributed by atoms with E-state index in [4.69, 9.17) is 0 Å². The Morgan fingerprint density at radius 3 is 2.45 bits per heavy atom. The third-order valence-electron chi connectivity index (χ3n) is 5.72. The lowest BCUT2D eigenvalue weighted by molar-refractivity contribution is -0.141. The van der Waals surface area contributed by atoms with Gasteiger partial charge in [0.05, 0.1) is 6.20 Å². The fraction of sp³-hybridized carbons (Fsp3) is 0.381. The van der Waals surface area contributed by atoms with Gasteiger partial charge in [0.1, 0.15) is 11.3 Å². The number of hydrogen-bond donors (Lipinski definition) is 1. The van der Waals surface area contributed by atoms with Crippen LogP contribution in [0, 0.1) is 12.7 Å². The number of benzene rings is 1. The lowest BCUT2D eigenvalue weighted by Crippen LogP contribution is -2.21. The first-order chi connectivity index (χ1) is 13.7. The number of H-pyrrole nitrogens is 1. The maximum absolute atomic E-state index is 14.3. The Morgan fingerprint density at radius 2 is 1.79 bits per heavy atom. The summed E-state index contributed by atoms with van der Waals surface area (Å²) in [5, 5.41) is 0. The van der Waals surface area contributed by atoms with Gasteiger partial charge in [-0.1, -0.05) is 12.1 Å². The zero-order chi connectivity index (χ0) is 20.8. The molecule has 4 rings (SSSR count). The maximum Gasteiger partial charge on any atom is 0.434 e. The quantitative estimate of drug-likeness (QED) is 0.595. The number of fused-ring (bicyclic) bond motifs is 1. The predicted molar refractivity (Wildman–Crippen MR) is 100 cm³/mol. The van der Waals surface area contributed by atoms with Gasteiger partial charge >= 0.3 is 6.18 Å². The van der Waals surface area contributed by atoms with Crippen LogP contribution >= 0.6 is 0 Å². The van der Waals surface area contributed by atoms with Gasteiger partial charge in [-0.25, -0.2) is 14.4 Å². The van der Waals surface area contributed by atoms with E-state index in [2.05, 4.69) is 15.0 Å². The number of halogens is 4. The monoisotopic (exact) mass is 405 g/mol. The zero-order valence-corrected chi connectivity index (χ0v) is 15.7. The Labute approximate surface area is 164 Å². The number of aromatic nitrogens is 3. The molecule has 2 aromatic heterocycles. The van der Waals surface area contributed by atoms with E-state index in [1.165, 1.54) is 12.1 Å². The largest absolute Gasteiger partial charge is 0.434 e. The van der Waals surface area contributed by atoms with Crippen LogP contribution in [-0.2, 0) is 6.18 Å². The fourth-order valence-corrected chi connectivity index (χ4v) is 4.29. The van der Waals surface area contributed by atoms with Crippen LogP contribution in [0.5, 0.6) is 0 Å². The van der Waals surface area contributed by atoms with Crippen molar-refractivity contribution in [2.45, 2.75) is 50.6 Å². The van der Waals surface area contributed by atoms with Crippen molar-refractivity contribution < 1.29 is 17.6 Å². The summed E-state index contributed by atoms with van der Waals surface area (Å²) in [6, 6.07) is 6.44. The molecule has 1 aliphatic carbocycles. The molecule has 1 saturated carbocycles. The number of pyridine rings is 1. The minimum Gasteiger partial charge on any atom is -0.305 e. The van der Waals surface area contributed by atoms with Crippen molar-refractivity contribution in [1.29, 1.82) is 0 Å². The van der Waals surface area contributed by atoms with Gasteiger partial charge in [-0.05, 0) is 67.7 Å². The molecule has 3 aromatic rings. The molecule has 1 fully saturated rings. The van der Waals surface area contributed by atoms with Crippen molar-refractivity contribution in [2.24, 2.45) is 0 Å². The zero-order valence-electron chi connectivity index (χ0n) is 15.7. The second-order valence-corrected chi connectivity index (χ2v) is 7.56. The smallest absolute Gasteiger partial charge is 0.305 e. The van der Waals surface area contributed by atoms with Crippen molar-refractivity contribution in [3.05, 3.63) is 69.0 Å². The average molecular weight is 405 g/mol. The van der Waals surface area contributed by atoms with Gasteiger partial charge in [-0.3, -0.25) is 4.79 Å². The van der Waals surface area contributed by atoms with E-state index in [1.807, 2.05) is 13.0 Å². The molecule has 0 saturated heterocycles. The first kappa shape index (κ1) is 19.5. The summed E-state index contributed by atoms with van der Waals surface area (Å²) in [7, 11) is 0. The van der Waals surface area contributed by atoms with E-state index in [9.17, 15) is 22.4 Å². The Morgan fingerprint density at radius 1 is 1.10 bits per heavy atom. The lowest BCUT2D eigenvalue weighted by Gasteiger charge is -2.29. The van der Waals surface area contributed by atoms with Gasteiger partial charge < -0.3 is 4.98 Å². The molecule has 29 heavy (non-hydrogen) atoms. The Bertz CT molecular complexity index is 1090. The molecule has 1 aromatic carbocycles. The molecule has 8 heteroatoms. The van der Waals surface area contributed by atoms with Crippen molar-refractivity contribution in [3.8, 4) is 0 Å². The maximum atomic E-state index is 14.3. The fourth-order valence-electron chi connectivity index (χ4n) is 4.29. The lowest BCUT2D eigenvalue weighted by atomic mass is 9.75. The van der Waals surface area contributed by atoms with Gasteiger partial charge in [-0.2, -0.15) is 13.2 Å². The molecule has 1 aliphatic rings. The molecule has 0 bridgehead atoms. The van der Waals surface area contributed by atoms with Crippen molar-refractivity contribution >= 4 is 11.2 Å². The van der Waals surface area contributed by atoms with Crippen LogP contribution in [0.15, 0.2) is 35.3 Å². The highest BCUT2D eigenvalue weighted by Gasteiger charge is 2.33. The summed E-state index contributed by atoms with van der Waals surface area (Å²) >= 11 is 0. The van der Waals surface area contributed by atoms with E-state index < -0.39 is 11.9 Å². The molecule has 2 heterocycles. The molecule has 152 valence electrons. The van der Waals surface area contributed by atoms with E-state index in [-0.39, 0.29) is 34.4 Å². The Kier molecular flexibility index (Phi) is 4.88. The molecular weight excluding hydrogens is 386 g/mol. The molecular formula is C21H19F4N3O. The number of hydrogen-bond acceptors (Lipinski definition) is 3. The number of aryl methyl sites for hydroxylation is 1. The van der Waals surface area contributed by atoms with Crippen LogP contribution in [0.4, 0.5) is 17.6 Å². The highest BCUT2D eigenvalue weighted by atomic mass is 19.4. The highest BCUT2D eigenvalue weighted by molar-refractivity contribution is 5.70. The van der Waals surface area contributed by atoms with Gasteiger partial charge in [-0.15, -0.1) is 0 Å². The third-order valence-corrected chi connectivity index (χ3v) is 5.72. The van der Waals surface area contributed by atoms with Gasteiger partial charge in [0.15, 0.2) is 11.3 Å². The minimum absolute atomic E-state index is 0.0153. The number of nitrogens with zero attached hydrogens (tertiary/aromatic N) is 2. The summed E-state index contributed by atoms with van der Waals surface area (Å²) < 4.78 is 53.0. The predicted octanol–water partition coefficient (Wildman–Crippen LogP) is 5.23. The highest BCUT2D eigenvalue weighted by Crippen LogP contribution is 2.41. The molecule has 0 amide bonds. The average Bonchev–Trinajstić information content (AvgIpc) is 2.67. The van der Waals surface area contributed by atoms with E-state index in [0.717, 1.165) is 11.1 Å². The van der Waals surface area contributed by atoms with Crippen LogP contribution < -0.4 is 5.56 Å². The Hall–Kier alpha value is -2.77. The van der Waals surface area contributed by atoms with Crippen molar-refractivity contribution in [2.75, 3.05) is 0 Å². The summed E-state index contributed by atoms with van der Waals surface area (Å²) in [6.07, 6.45) is -1.28.